The van der Waals surface area contributed by atoms with Crippen LogP contribution in [0, 0.1) is 0 Å². The van der Waals surface area contributed by atoms with Gasteiger partial charge in [0, 0.05) is 36.9 Å². The highest BCUT2D eigenvalue weighted by Crippen LogP contribution is 2.30. The van der Waals surface area contributed by atoms with Gasteiger partial charge in [-0.2, -0.15) is 0 Å². The van der Waals surface area contributed by atoms with E-state index in [4.69, 9.17) is 0 Å². The molecule has 2 fully saturated rings. The highest BCUT2D eigenvalue weighted by Gasteiger charge is 2.41. The molecular weight excluding hydrogens is 350 g/mol. The van der Waals surface area contributed by atoms with Crippen molar-refractivity contribution in [3.8, 4) is 0 Å². The predicted octanol–water partition coefficient (Wildman–Crippen LogP) is -0.756. The van der Waals surface area contributed by atoms with Crippen molar-refractivity contribution in [1.82, 2.24) is 25.5 Å². The SMILES string of the molecule is CCNC(=O)[C@@H]1C[C@H](NC(=O)Cc2c[nH]c(=O)[nH]c2=O)CN1C1CCCC1. The minimum absolute atomic E-state index is 0.0122. The van der Waals surface area contributed by atoms with E-state index in [0.29, 0.717) is 25.6 Å². The van der Waals surface area contributed by atoms with Crippen LogP contribution < -0.4 is 21.9 Å². The lowest BCUT2D eigenvalue weighted by Gasteiger charge is -2.29. The van der Waals surface area contributed by atoms with Gasteiger partial charge >= 0.3 is 5.69 Å². The van der Waals surface area contributed by atoms with E-state index < -0.39 is 11.2 Å². The van der Waals surface area contributed by atoms with E-state index in [0.717, 1.165) is 12.8 Å². The normalized spacial score (nSPS) is 23.4. The summed E-state index contributed by atoms with van der Waals surface area (Å²) in [6, 6.07) is 0.0314. The van der Waals surface area contributed by atoms with Crippen molar-refractivity contribution >= 4 is 11.8 Å². The molecule has 3 rings (SSSR count). The molecule has 0 spiro atoms. The van der Waals surface area contributed by atoms with E-state index in [1.165, 1.54) is 19.0 Å². The molecule has 2 atom stereocenters. The topological polar surface area (TPSA) is 127 Å². The van der Waals surface area contributed by atoms with Gasteiger partial charge < -0.3 is 15.6 Å². The average Bonchev–Trinajstić information content (AvgIpc) is 3.27. The van der Waals surface area contributed by atoms with Gasteiger partial charge in [0.1, 0.15) is 0 Å². The third-order valence-corrected chi connectivity index (χ3v) is 5.40. The van der Waals surface area contributed by atoms with E-state index >= 15 is 0 Å². The zero-order chi connectivity index (χ0) is 19.4. The summed E-state index contributed by atoms with van der Waals surface area (Å²) in [7, 11) is 0. The number of aromatic amines is 2. The summed E-state index contributed by atoms with van der Waals surface area (Å²) >= 11 is 0. The van der Waals surface area contributed by atoms with Crippen LogP contribution in [-0.2, 0) is 16.0 Å². The molecule has 0 aromatic carbocycles. The second kappa shape index (κ2) is 8.51. The second-order valence-corrected chi connectivity index (χ2v) is 7.32. The number of nitrogens with zero attached hydrogens (tertiary/aromatic N) is 1. The van der Waals surface area contributed by atoms with Gasteiger partial charge in [-0.3, -0.25) is 24.3 Å². The van der Waals surface area contributed by atoms with E-state index in [-0.39, 0.29) is 35.9 Å². The second-order valence-electron chi connectivity index (χ2n) is 7.32. The van der Waals surface area contributed by atoms with Crippen molar-refractivity contribution in [2.24, 2.45) is 0 Å². The third-order valence-electron chi connectivity index (χ3n) is 5.40. The van der Waals surface area contributed by atoms with Gasteiger partial charge in [-0.15, -0.1) is 0 Å². The molecule has 148 valence electrons. The van der Waals surface area contributed by atoms with E-state index in [1.807, 2.05) is 6.92 Å². The number of H-pyrrole nitrogens is 2. The van der Waals surface area contributed by atoms with Gasteiger partial charge in [0.25, 0.3) is 5.56 Å². The van der Waals surface area contributed by atoms with Gasteiger partial charge in [-0.05, 0) is 26.2 Å². The van der Waals surface area contributed by atoms with E-state index in [2.05, 4.69) is 25.5 Å². The lowest BCUT2D eigenvalue weighted by molar-refractivity contribution is -0.126. The van der Waals surface area contributed by atoms with Crippen molar-refractivity contribution in [3.63, 3.8) is 0 Å². The van der Waals surface area contributed by atoms with Gasteiger partial charge in [0.15, 0.2) is 0 Å². The van der Waals surface area contributed by atoms with Gasteiger partial charge in [0.05, 0.1) is 12.5 Å². The Hall–Kier alpha value is -2.42. The number of likely N-dealkylation sites (tertiary alicyclic amines) is 1. The highest BCUT2D eigenvalue weighted by molar-refractivity contribution is 5.83. The smallest absolute Gasteiger partial charge is 0.325 e. The van der Waals surface area contributed by atoms with Gasteiger partial charge in [-0.25, -0.2) is 4.79 Å². The molecular formula is C18H27N5O4. The molecule has 9 nitrogen and oxygen atoms in total. The molecule has 0 unspecified atom stereocenters. The molecule has 27 heavy (non-hydrogen) atoms. The van der Waals surface area contributed by atoms with Crippen molar-refractivity contribution in [3.05, 3.63) is 32.6 Å². The van der Waals surface area contributed by atoms with Crippen LogP contribution >= 0.6 is 0 Å². The zero-order valence-corrected chi connectivity index (χ0v) is 15.5. The fourth-order valence-electron chi connectivity index (χ4n) is 4.18. The first-order valence-corrected chi connectivity index (χ1v) is 9.61. The number of rotatable bonds is 6. The first kappa shape index (κ1) is 19.3. The summed E-state index contributed by atoms with van der Waals surface area (Å²) in [5, 5.41) is 5.84. The molecule has 0 bridgehead atoms. The summed E-state index contributed by atoms with van der Waals surface area (Å²) < 4.78 is 0. The Bertz CT molecular complexity index is 795. The number of carbonyl (C=O) groups is 2. The number of hydrogen-bond donors (Lipinski definition) is 4. The molecule has 1 aliphatic heterocycles. The Morgan fingerprint density at radius 1 is 1.26 bits per heavy atom. The Kier molecular flexibility index (Phi) is 6.10. The van der Waals surface area contributed by atoms with E-state index in [9.17, 15) is 19.2 Å². The zero-order valence-electron chi connectivity index (χ0n) is 15.5. The monoisotopic (exact) mass is 377 g/mol. The molecule has 4 N–H and O–H groups in total. The standard InChI is InChI=1S/C18H27N5O4/c1-2-19-17(26)14-8-12(10-23(14)13-5-3-4-6-13)21-15(24)7-11-9-20-18(27)22-16(11)25/h9,12-14H,2-8,10H2,1H3,(H,19,26)(H,21,24)(H2,20,22,25,27)/t12-,14-/m0/s1. The van der Waals surface area contributed by atoms with Crippen LogP contribution in [0.3, 0.4) is 0 Å². The Morgan fingerprint density at radius 2 is 2.00 bits per heavy atom. The summed E-state index contributed by atoms with van der Waals surface area (Å²) in [4.78, 5) is 54.3. The minimum Gasteiger partial charge on any atom is -0.355 e. The number of hydrogen-bond acceptors (Lipinski definition) is 5. The third kappa shape index (κ3) is 4.65. The number of amides is 2. The molecule has 2 amide bonds. The first-order valence-electron chi connectivity index (χ1n) is 9.61. The van der Waals surface area contributed by atoms with Gasteiger partial charge in [0.2, 0.25) is 11.8 Å². The van der Waals surface area contributed by atoms with Crippen LogP contribution in [0.2, 0.25) is 0 Å². The quantitative estimate of drug-likeness (QED) is 0.518. The maximum Gasteiger partial charge on any atom is 0.325 e. The van der Waals surface area contributed by atoms with Crippen molar-refractivity contribution in [1.29, 1.82) is 0 Å². The van der Waals surface area contributed by atoms with Crippen LogP contribution in [0.25, 0.3) is 0 Å². The number of likely N-dealkylation sites (N-methyl/N-ethyl adjacent to an activating group) is 1. The number of nitrogens with one attached hydrogen (secondary N) is 4. The summed E-state index contributed by atoms with van der Waals surface area (Å²) in [5.74, 6) is -0.279. The molecule has 1 aromatic heterocycles. The fourth-order valence-corrected chi connectivity index (χ4v) is 4.18. The predicted molar refractivity (Wildman–Crippen MR) is 99.4 cm³/mol. The van der Waals surface area contributed by atoms with Crippen LogP contribution in [0.15, 0.2) is 15.8 Å². The molecule has 1 saturated heterocycles. The number of aromatic nitrogens is 2. The molecule has 1 aromatic rings. The summed E-state index contributed by atoms with van der Waals surface area (Å²) in [6.45, 7) is 3.12. The largest absolute Gasteiger partial charge is 0.355 e. The van der Waals surface area contributed by atoms with Crippen LogP contribution in [0.4, 0.5) is 0 Å². The lowest BCUT2D eigenvalue weighted by atomic mass is 10.1. The highest BCUT2D eigenvalue weighted by atomic mass is 16.2. The summed E-state index contributed by atoms with van der Waals surface area (Å²) in [5.41, 5.74) is -0.955. The molecule has 1 saturated carbocycles. The van der Waals surface area contributed by atoms with Crippen molar-refractivity contribution < 1.29 is 9.59 Å². The maximum atomic E-state index is 12.5. The fraction of sp³-hybridized carbons (Fsp3) is 0.667. The summed E-state index contributed by atoms with van der Waals surface area (Å²) in [6.07, 6.45) is 6.24. The van der Waals surface area contributed by atoms with Gasteiger partial charge in [-0.1, -0.05) is 12.8 Å². The lowest BCUT2D eigenvalue weighted by Crippen LogP contribution is -2.47. The molecule has 0 radical (unpaired) electrons. The molecule has 2 heterocycles. The van der Waals surface area contributed by atoms with E-state index in [1.54, 1.807) is 0 Å². The molecule has 2 aliphatic rings. The Labute approximate surface area is 156 Å². The average molecular weight is 377 g/mol. The maximum absolute atomic E-state index is 12.5. The van der Waals surface area contributed by atoms with Crippen LogP contribution in [-0.4, -0.2) is 57.9 Å². The molecule has 9 heteroatoms. The Morgan fingerprint density at radius 3 is 2.67 bits per heavy atom. The first-order chi connectivity index (χ1) is 13.0. The van der Waals surface area contributed by atoms with Crippen LogP contribution in [0.1, 0.15) is 44.6 Å². The van der Waals surface area contributed by atoms with Crippen LogP contribution in [0.5, 0.6) is 0 Å². The minimum atomic E-state index is -0.600. The molecule has 1 aliphatic carbocycles. The van der Waals surface area contributed by atoms with Crippen molar-refractivity contribution in [2.45, 2.75) is 63.6 Å². The van der Waals surface area contributed by atoms with Crippen molar-refractivity contribution in [2.75, 3.05) is 13.1 Å². The Balaban J connectivity index is 1.63. The number of carbonyl (C=O) groups excluding carboxylic acids is 2.